The van der Waals surface area contributed by atoms with Gasteiger partial charge in [-0.15, -0.1) is 0 Å². The van der Waals surface area contributed by atoms with Crippen LogP contribution in [0.25, 0.3) is 10.9 Å². The molecule has 0 atom stereocenters. The number of Topliss-reactive ketones (excluding diaryl/α,β-unsaturated/α-hetero) is 1. The molecule has 0 spiro atoms. The van der Waals surface area contributed by atoms with E-state index in [4.69, 9.17) is 0 Å². The number of aliphatic hydroxyl groups is 1. The first-order valence-corrected chi connectivity index (χ1v) is 7.96. The summed E-state index contributed by atoms with van der Waals surface area (Å²) in [5.41, 5.74) is 2.55. The summed E-state index contributed by atoms with van der Waals surface area (Å²) in [4.78, 5) is 19.7. The molecule has 120 valence electrons. The van der Waals surface area contributed by atoms with Crippen LogP contribution in [0.2, 0.25) is 0 Å². The third-order valence-corrected chi connectivity index (χ3v) is 4.30. The Morgan fingerprint density at radius 3 is 2.87 bits per heavy atom. The van der Waals surface area contributed by atoms with Gasteiger partial charge in [0.2, 0.25) is 0 Å². The monoisotopic (exact) mass is 310 g/mol. The van der Waals surface area contributed by atoms with Gasteiger partial charge in [0.1, 0.15) is 5.76 Å². The smallest absolute Gasteiger partial charge is 0.168 e. The highest BCUT2D eigenvalue weighted by molar-refractivity contribution is 6.14. The SMILES string of the molecule is CC1(C)CC(=O)C(C=NCCc2c[nH]c3ccccc23)=C(O)C1. The number of aromatic amines is 1. The maximum Gasteiger partial charge on any atom is 0.168 e. The van der Waals surface area contributed by atoms with Gasteiger partial charge in [-0.1, -0.05) is 32.0 Å². The number of nitrogens with one attached hydrogen (secondary N) is 1. The summed E-state index contributed by atoms with van der Waals surface area (Å²) in [6, 6.07) is 8.17. The Morgan fingerprint density at radius 1 is 1.30 bits per heavy atom. The zero-order valence-corrected chi connectivity index (χ0v) is 13.6. The van der Waals surface area contributed by atoms with Gasteiger partial charge in [-0.2, -0.15) is 0 Å². The van der Waals surface area contributed by atoms with Crippen molar-refractivity contribution < 1.29 is 9.90 Å². The fourth-order valence-corrected chi connectivity index (χ4v) is 3.13. The fourth-order valence-electron chi connectivity index (χ4n) is 3.13. The molecule has 1 aliphatic rings. The van der Waals surface area contributed by atoms with Gasteiger partial charge in [-0.25, -0.2) is 0 Å². The average Bonchev–Trinajstić information content (AvgIpc) is 2.88. The number of allylic oxidation sites excluding steroid dienone is 2. The van der Waals surface area contributed by atoms with E-state index < -0.39 is 0 Å². The van der Waals surface area contributed by atoms with Gasteiger partial charge in [0.05, 0.1) is 5.57 Å². The number of ketones is 1. The van der Waals surface area contributed by atoms with Crippen molar-refractivity contribution in [2.45, 2.75) is 33.1 Å². The van der Waals surface area contributed by atoms with E-state index in [1.807, 2.05) is 38.2 Å². The van der Waals surface area contributed by atoms with Crippen LogP contribution in [0.15, 0.2) is 46.8 Å². The Bertz CT molecular complexity index is 797. The molecule has 1 aromatic heterocycles. The summed E-state index contributed by atoms with van der Waals surface area (Å²) in [6.07, 6.45) is 5.34. The molecule has 0 unspecified atom stereocenters. The molecule has 1 aromatic carbocycles. The molecule has 2 N–H and O–H groups in total. The van der Waals surface area contributed by atoms with Gasteiger partial charge in [-0.3, -0.25) is 9.79 Å². The lowest BCUT2D eigenvalue weighted by atomic mass is 9.77. The van der Waals surface area contributed by atoms with Crippen LogP contribution in [0.1, 0.15) is 32.3 Å². The number of aromatic nitrogens is 1. The van der Waals surface area contributed by atoms with Crippen LogP contribution in [-0.4, -0.2) is 28.6 Å². The third kappa shape index (κ3) is 3.36. The number of aliphatic hydroxyl groups excluding tert-OH is 1. The molecule has 2 aromatic rings. The number of para-hydroxylation sites is 1. The van der Waals surface area contributed by atoms with E-state index in [9.17, 15) is 9.90 Å². The fraction of sp³-hybridized carbons (Fsp3) is 0.368. The van der Waals surface area contributed by atoms with Crippen molar-refractivity contribution in [3.63, 3.8) is 0 Å². The van der Waals surface area contributed by atoms with Gasteiger partial charge in [-0.05, 0) is 23.5 Å². The molecule has 0 amide bonds. The van der Waals surface area contributed by atoms with E-state index in [1.165, 1.54) is 10.9 Å². The molecule has 23 heavy (non-hydrogen) atoms. The van der Waals surface area contributed by atoms with Crippen molar-refractivity contribution in [1.29, 1.82) is 0 Å². The van der Waals surface area contributed by atoms with E-state index in [-0.39, 0.29) is 17.0 Å². The van der Waals surface area contributed by atoms with Crippen LogP contribution in [0.3, 0.4) is 0 Å². The van der Waals surface area contributed by atoms with Gasteiger partial charge >= 0.3 is 0 Å². The Morgan fingerprint density at radius 2 is 2.09 bits per heavy atom. The first-order valence-electron chi connectivity index (χ1n) is 7.96. The number of hydrogen-bond acceptors (Lipinski definition) is 3. The zero-order chi connectivity index (χ0) is 16.4. The quantitative estimate of drug-likeness (QED) is 0.839. The zero-order valence-electron chi connectivity index (χ0n) is 13.6. The summed E-state index contributed by atoms with van der Waals surface area (Å²) in [5, 5.41) is 11.3. The van der Waals surface area contributed by atoms with Gasteiger partial charge in [0.15, 0.2) is 5.78 Å². The number of carbonyl (C=O) groups excluding carboxylic acids is 1. The molecule has 0 saturated carbocycles. The maximum atomic E-state index is 12.1. The van der Waals surface area contributed by atoms with Crippen molar-refractivity contribution in [2.24, 2.45) is 10.4 Å². The number of H-pyrrole nitrogens is 1. The number of benzene rings is 1. The van der Waals surface area contributed by atoms with E-state index in [2.05, 4.69) is 16.0 Å². The number of rotatable bonds is 4. The second-order valence-electron chi connectivity index (χ2n) is 6.95. The molecule has 1 aliphatic carbocycles. The lowest BCUT2D eigenvalue weighted by molar-refractivity contribution is -0.117. The second kappa shape index (κ2) is 6.03. The Labute approximate surface area is 135 Å². The minimum atomic E-state index is -0.164. The summed E-state index contributed by atoms with van der Waals surface area (Å²) >= 11 is 0. The minimum Gasteiger partial charge on any atom is -0.511 e. The van der Waals surface area contributed by atoms with Crippen molar-refractivity contribution >= 4 is 22.9 Å². The minimum absolute atomic E-state index is 0.0189. The first kappa shape index (κ1) is 15.5. The summed E-state index contributed by atoms with van der Waals surface area (Å²) in [5.74, 6) is 0.150. The predicted octanol–water partition coefficient (Wildman–Crippen LogP) is 3.98. The highest BCUT2D eigenvalue weighted by Gasteiger charge is 2.32. The highest BCUT2D eigenvalue weighted by atomic mass is 16.3. The number of nitrogens with zero attached hydrogens (tertiary/aromatic N) is 1. The van der Waals surface area contributed by atoms with E-state index in [0.717, 1.165) is 11.9 Å². The molecule has 4 heteroatoms. The molecule has 0 fully saturated rings. The molecule has 1 heterocycles. The van der Waals surface area contributed by atoms with Crippen molar-refractivity contribution in [3.8, 4) is 0 Å². The Kier molecular flexibility index (Phi) is 4.07. The van der Waals surface area contributed by atoms with Crippen LogP contribution >= 0.6 is 0 Å². The Balaban J connectivity index is 1.66. The molecule has 4 nitrogen and oxygen atoms in total. The van der Waals surface area contributed by atoms with Crippen molar-refractivity contribution in [1.82, 2.24) is 4.98 Å². The molecular weight excluding hydrogens is 288 g/mol. The van der Waals surface area contributed by atoms with Crippen LogP contribution in [0.4, 0.5) is 0 Å². The molecule has 0 bridgehead atoms. The normalized spacial score (nSPS) is 18.3. The summed E-state index contributed by atoms with van der Waals surface area (Å²) in [7, 11) is 0. The summed E-state index contributed by atoms with van der Waals surface area (Å²) in [6.45, 7) is 4.58. The number of carbonyl (C=O) groups is 1. The molecule has 0 saturated heterocycles. The van der Waals surface area contributed by atoms with Crippen LogP contribution < -0.4 is 0 Å². The van der Waals surface area contributed by atoms with Crippen molar-refractivity contribution in [3.05, 3.63) is 47.4 Å². The highest BCUT2D eigenvalue weighted by Crippen LogP contribution is 2.35. The van der Waals surface area contributed by atoms with E-state index in [0.29, 0.717) is 25.0 Å². The van der Waals surface area contributed by atoms with Gasteiger partial charge in [0.25, 0.3) is 0 Å². The van der Waals surface area contributed by atoms with Crippen LogP contribution in [0, 0.1) is 5.41 Å². The molecule has 3 rings (SSSR count). The molecular formula is C19H22N2O2. The first-order chi connectivity index (χ1) is 11.0. The average molecular weight is 310 g/mol. The largest absolute Gasteiger partial charge is 0.511 e. The third-order valence-electron chi connectivity index (χ3n) is 4.30. The summed E-state index contributed by atoms with van der Waals surface area (Å²) < 4.78 is 0. The Hall–Kier alpha value is -2.36. The second-order valence-corrected chi connectivity index (χ2v) is 6.95. The van der Waals surface area contributed by atoms with Crippen LogP contribution in [0.5, 0.6) is 0 Å². The van der Waals surface area contributed by atoms with Gasteiger partial charge in [0, 0.05) is 42.7 Å². The number of aliphatic imine (C=N–C) groups is 1. The lowest BCUT2D eigenvalue weighted by Crippen LogP contribution is -2.26. The van der Waals surface area contributed by atoms with Gasteiger partial charge < -0.3 is 10.1 Å². The lowest BCUT2D eigenvalue weighted by Gasteiger charge is -2.28. The van der Waals surface area contributed by atoms with Crippen molar-refractivity contribution in [2.75, 3.05) is 6.54 Å². The predicted molar refractivity (Wildman–Crippen MR) is 93.0 cm³/mol. The van der Waals surface area contributed by atoms with Crippen LogP contribution in [-0.2, 0) is 11.2 Å². The van der Waals surface area contributed by atoms with E-state index in [1.54, 1.807) is 6.21 Å². The molecule has 0 aliphatic heterocycles. The number of hydrogen-bond donors (Lipinski definition) is 2. The molecule has 0 radical (unpaired) electrons. The number of fused-ring (bicyclic) bond motifs is 1. The topological polar surface area (TPSA) is 65.5 Å². The maximum absolute atomic E-state index is 12.1. The van der Waals surface area contributed by atoms with E-state index >= 15 is 0 Å². The standard InChI is InChI=1S/C19H22N2O2/c1-19(2)9-17(22)15(18(23)10-19)12-20-8-7-13-11-21-16-6-4-3-5-14(13)16/h3-6,11-12,21-22H,7-10H2,1-2H3.